The number of sulfonamides is 1. The number of carbonyl (C=O) groups is 1. The van der Waals surface area contributed by atoms with E-state index in [1.165, 1.54) is 24.3 Å². The number of nitrogens with zero attached hydrogens (tertiary/aromatic N) is 1. The molecule has 31 heavy (non-hydrogen) atoms. The Hall–Kier alpha value is -2.13. The van der Waals surface area contributed by atoms with Gasteiger partial charge in [-0.15, -0.1) is 0 Å². The average Bonchev–Trinajstić information content (AvgIpc) is 2.77. The van der Waals surface area contributed by atoms with Crippen LogP contribution in [0.4, 0.5) is 0 Å². The van der Waals surface area contributed by atoms with Crippen molar-refractivity contribution in [3.05, 3.63) is 71.4 Å². The zero-order valence-corrected chi connectivity index (χ0v) is 19.4. The van der Waals surface area contributed by atoms with Gasteiger partial charge in [-0.05, 0) is 60.7 Å². The van der Waals surface area contributed by atoms with E-state index in [0.29, 0.717) is 30.2 Å². The van der Waals surface area contributed by atoms with Crippen molar-refractivity contribution in [1.29, 1.82) is 0 Å². The van der Waals surface area contributed by atoms with Gasteiger partial charge in [-0.3, -0.25) is 9.78 Å². The molecule has 6 nitrogen and oxygen atoms in total. The summed E-state index contributed by atoms with van der Waals surface area (Å²) in [6, 6.07) is 14.8. The quantitative estimate of drug-likeness (QED) is 0.465. The molecule has 1 amide bonds. The molecule has 1 heterocycles. The van der Waals surface area contributed by atoms with E-state index in [0.717, 1.165) is 16.5 Å². The Morgan fingerprint density at radius 1 is 1.13 bits per heavy atom. The topological polar surface area (TPSA) is 88.2 Å². The molecular formula is C22H24ClN3O3S2. The molecule has 0 fully saturated rings. The van der Waals surface area contributed by atoms with Crippen molar-refractivity contribution in [2.75, 3.05) is 18.6 Å². The minimum Gasteiger partial charge on any atom is -0.354 e. The van der Waals surface area contributed by atoms with Gasteiger partial charge in [0.2, 0.25) is 15.9 Å². The molecule has 0 saturated carbocycles. The molecule has 3 aromatic rings. The monoisotopic (exact) mass is 477 g/mol. The number of hydrogen-bond donors (Lipinski definition) is 2. The van der Waals surface area contributed by atoms with E-state index in [1.807, 2.05) is 36.6 Å². The number of hydrogen-bond acceptors (Lipinski definition) is 5. The molecule has 9 heteroatoms. The first-order valence-corrected chi connectivity index (χ1v) is 13.0. The number of rotatable bonds is 10. The number of carbonyl (C=O) groups excluding carboxylic acids is 1. The fourth-order valence-corrected chi connectivity index (χ4v) is 4.99. The Morgan fingerprint density at radius 2 is 1.87 bits per heavy atom. The third kappa shape index (κ3) is 6.43. The molecule has 2 aromatic carbocycles. The first-order valence-electron chi connectivity index (χ1n) is 9.78. The van der Waals surface area contributed by atoms with Crippen molar-refractivity contribution < 1.29 is 13.2 Å². The second kappa shape index (κ2) is 10.9. The standard InChI is InChI=1S/C22H24ClN3O3S2/c1-30-15-12-20(26-31(28,29)19-9-7-18(23)8-10-19)22(27)25-14-11-17-5-2-4-16-6-3-13-24-21(16)17/h2-10,13,20,26H,11-12,14-15H2,1H3,(H,25,27). The highest BCUT2D eigenvalue weighted by molar-refractivity contribution is 7.98. The van der Waals surface area contributed by atoms with Crippen LogP contribution in [-0.2, 0) is 21.2 Å². The number of benzene rings is 2. The molecular weight excluding hydrogens is 454 g/mol. The second-order valence-electron chi connectivity index (χ2n) is 6.94. The Morgan fingerprint density at radius 3 is 2.61 bits per heavy atom. The minimum absolute atomic E-state index is 0.0701. The SMILES string of the molecule is CSCCC(NS(=O)(=O)c1ccc(Cl)cc1)C(=O)NCCc1cccc2cccnc12. The summed E-state index contributed by atoms with van der Waals surface area (Å²) in [5.41, 5.74) is 1.93. The van der Waals surface area contributed by atoms with Gasteiger partial charge >= 0.3 is 0 Å². The Kier molecular flexibility index (Phi) is 8.31. The van der Waals surface area contributed by atoms with Gasteiger partial charge in [-0.25, -0.2) is 8.42 Å². The number of halogens is 1. The summed E-state index contributed by atoms with van der Waals surface area (Å²) in [5, 5.41) is 4.35. The van der Waals surface area contributed by atoms with Crippen LogP contribution in [0.5, 0.6) is 0 Å². The molecule has 0 aliphatic heterocycles. The fourth-order valence-electron chi connectivity index (χ4n) is 3.16. The summed E-state index contributed by atoms with van der Waals surface area (Å²) < 4.78 is 28.0. The molecule has 0 aliphatic carbocycles. The zero-order chi connectivity index (χ0) is 22.3. The molecule has 0 aliphatic rings. The van der Waals surface area contributed by atoms with Crippen LogP contribution >= 0.6 is 23.4 Å². The summed E-state index contributed by atoms with van der Waals surface area (Å²) in [7, 11) is -3.85. The molecule has 0 bridgehead atoms. The van der Waals surface area contributed by atoms with E-state index in [9.17, 15) is 13.2 Å². The van der Waals surface area contributed by atoms with Gasteiger partial charge in [0, 0.05) is 23.2 Å². The normalized spacial score (nSPS) is 12.6. The summed E-state index contributed by atoms with van der Waals surface area (Å²) in [5.74, 6) is 0.300. The van der Waals surface area contributed by atoms with Crippen LogP contribution < -0.4 is 10.0 Å². The van der Waals surface area contributed by atoms with Crippen LogP contribution in [0.15, 0.2) is 65.7 Å². The largest absolute Gasteiger partial charge is 0.354 e. The lowest BCUT2D eigenvalue weighted by atomic mass is 10.1. The first kappa shape index (κ1) is 23.5. The Balaban J connectivity index is 1.66. The maximum atomic E-state index is 12.8. The smallest absolute Gasteiger partial charge is 0.241 e. The zero-order valence-electron chi connectivity index (χ0n) is 17.0. The minimum atomic E-state index is -3.85. The van der Waals surface area contributed by atoms with Crippen LogP contribution in [0.25, 0.3) is 10.9 Å². The van der Waals surface area contributed by atoms with Gasteiger partial charge in [0.1, 0.15) is 6.04 Å². The molecule has 0 radical (unpaired) electrons. The van der Waals surface area contributed by atoms with E-state index in [1.54, 1.807) is 18.0 Å². The van der Waals surface area contributed by atoms with E-state index in [-0.39, 0.29) is 10.8 Å². The third-order valence-corrected chi connectivity index (χ3v) is 7.14. The number of para-hydroxylation sites is 1. The number of nitrogens with one attached hydrogen (secondary N) is 2. The van der Waals surface area contributed by atoms with Crippen molar-refractivity contribution in [2.24, 2.45) is 0 Å². The van der Waals surface area contributed by atoms with Crippen molar-refractivity contribution in [2.45, 2.75) is 23.8 Å². The molecule has 3 rings (SSSR count). The lowest BCUT2D eigenvalue weighted by Gasteiger charge is -2.18. The molecule has 1 unspecified atom stereocenters. The molecule has 0 spiro atoms. The number of thioether (sulfide) groups is 1. The van der Waals surface area contributed by atoms with Gasteiger partial charge in [0.25, 0.3) is 0 Å². The molecule has 0 saturated heterocycles. The maximum absolute atomic E-state index is 12.8. The number of fused-ring (bicyclic) bond motifs is 1. The van der Waals surface area contributed by atoms with Crippen molar-refractivity contribution in [1.82, 2.24) is 15.0 Å². The number of pyridine rings is 1. The highest BCUT2D eigenvalue weighted by Gasteiger charge is 2.25. The number of amides is 1. The molecule has 1 atom stereocenters. The van der Waals surface area contributed by atoms with E-state index < -0.39 is 16.1 Å². The fraction of sp³-hybridized carbons (Fsp3) is 0.273. The predicted molar refractivity (Wildman–Crippen MR) is 127 cm³/mol. The second-order valence-corrected chi connectivity index (χ2v) is 10.1. The molecule has 164 valence electrons. The summed E-state index contributed by atoms with van der Waals surface area (Å²) in [4.78, 5) is 17.3. The Labute approximate surface area is 191 Å². The Bertz CT molecular complexity index is 1130. The van der Waals surface area contributed by atoms with Crippen LogP contribution in [-0.4, -0.2) is 43.9 Å². The van der Waals surface area contributed by atoms with Gasteiger partial charge in [-0.1, -0.05) is 35.9 Å². The van der Waals surface area contributed by atoms with Crippen LogP contribution in [0, 0.1) is 0 Å². The summed E-state index contributed by atoms with van der Waals surface area (Å²) >= 11 is 7.40. The maximum Gasteiger partial charge on any atom is 0.241 e. The highest BCUT2D eigenvalue weighted by atomic mass is 35.5. The van der Waals surface area contributed by atoms with Crippen LogP contribution in [0.2, 0.25) is 5.02 Å². The van der Waals surface area contributed by atoms with Gasteiger partial charge < -0.3 is 5.32 Å². The highest BCUT2D eigenvalue weighted by Crippen LogP contribution is 2.17. The van der Waals surface area contributed by atoms with Crippen molar-refractivity contribution >= 4 is 50.2 Å². The van der Waals surface area contributed by atoms with Crippen molar-refractivity contribution in [3.63, 3.8) is 0 Å². The lowest BCUT2D eigenvalue weighted by Crippen LogP contribution is -2.47. The predicted octanol–water partition coefficient (Wildman–Crippen LogP) is 3.65. The van der Waals surface area contributed by atoms with Gasteiger partial charge in [-0.2, -0.15) is 16.5 Å². The summed E-state index contributed by atoms with van der Waals surface area (Å²) in [6.45, 7) is 0.382. The summed E-state index contributed by atoms with van der Waals surface area (Å²) in [6.07, 6.45) is 4.64. The molecule has 2 N–H and O–H groups in total. The lowest BCUT2D eigenvalue weighted by molar-refractivity contribution is -0.122. The number of aromatic nitrogens is 1. The van der Waals surface area contributed by atoms with E-state index >= 15 is 0 Å². The van der Waals surface area contributed by atoms with Crippen LogP contribution in [0.3, 0.4) is 0 Å². The average molecular weight is 478 g/mol. The van der Waals surface area contributed by atoms with Gasteiger partial charge in [0.05, 0.1) is 10.4 Å². The third-order valence-electron chi connectivity index (χ3n) is 4.76. The van der Waals surface area contributed by atoms with Gasteiger partial charge in [0.15, 0.2) is 0 Å². The van der Waals surface area contributed by atoms with E-state index in [4.69, 9.17) is 11.6 Å². The van der Waals surface area contributed by atoms with Crippen molar-refractivity contribution in [3.8, 4) is 0 Å². The first-order chi connectivity index (χ1) is 14.9. The van der Waals surface area contributed by atoms with E-state index in [2.05, 4.69) is 15.0 Å². The molecule has 1 aromatic heterocycles. The van der Waals surface area contributed by atoms with Crippen LogP contribution in [0.1, 0.15) is 12.0 Å².